The van der Waals surface area contributed by atoms with E-state index in [1.165, 1.54) is 0 Å². The number of nitrogens with zero attached hydrogens (tertiary/aromatic N) is 4. The zero-order valence-electron chi connectivity index (χ0n) is 12.7. The van der Waals surface area contributed by atoms with Crippen molar-refractivity contribution in [2.24, 2.45) is 0 Å². The van der Waals surface area contributed by atoms with Crippen LogP contribution in [0.15, 0.2) is 36.5 Å². The highest BCUT2D eigenvalue weighted by atomic mass is 16.5. The van der Waals surface area contributed by atoms with Crippen LogP contribution in [-0.2, 0) is 4.74 Å². The molecule has 3 rings (SSSR count). The highest BCUT2D eigenvalue weighted by Gasteiger charge is 2.26. The highest BCUT2D eigenvalue weighted by molar-refractivity contribution is 5.92. The lowest BCUT2D eigenvalue weighted by Gasteiger charge is -2.31. The summed E-state index contributed by atoms with van der Waals surface area (Å²) in [4.78, 5) is 14.4. The van der Waals surface area contributed by atoms with Crippen LogP contribution in [-0.4, -0.2) is 51.6 Å². The summed E-state index contributed by atoms with van der Waals surface area (Å²) >= 11 is 0. The molecule has 1 saturated heterocycles. The van der Waals surface area contributed by atoms with Gasteiger partial charge in [0.25, 0.3) is 5.91 Å². The Morgan fingerprint density at radius 2 is 2.18 bits per heavy atom. The third kappa shape index (κ3) is 3.17. The summed E-state index contributed by atoms with van der Waals surface area (Å²) in [6.07, 6.45) is 3.78. The lowest BCUT2D eigenvalue weighted by atomic mass is 10.1. The minimum Gasteiger partial charge on any atom is -0.377 e. The van der Waals surface area contributed by atoms with Crippen LogP contribution in [0.1, 0.15) is 30.3 Å². The lowest BCUT2D eigenvalue weighted by Crippen LogP contribution is -2.43. The number of carbonyl (C=O) groups excluding carboxylic acids is 1. The number of hydrogen-bond acceptors (Lipinski definition) is 4. The molecule has 1 aliphatic heterocycles. The van der Waals surface area contributed by atoms with Gasteiger partial charge in [-0.05, 0) is 31.9 Å². The molecule has 0 radical (unpaired) electrons. The quantitative estimate of drug-likeness (QED) is 0.865. The third-order valence-corrected chi connectivity index (χ3v) is 3.80. The summed E-state index contributed by atoms with van der Waals surface area (Å²) in [5.74, 6) is -0.0772. The summed E-state index contributed by atoms with van der Waals surface area (Å²) < 4.78 is 7.26. The van der Waals surface area contributed by atoms with Crippen molar-refractivity contribution in [1.29, 1.82) is 0 Å². The second-order valence-corrected chi connectivity index (χ2v) is 5.35. The average molecular weight is 300 g/mol. The summed E-state index contributed by atoms with van der Waals surface area (Å²) in [6, 6.07) is 9.64. The fraction of sp³-hybridized carbons (Fsp3) is 0.438. The predicted molar refractivity (Wildman–Crippen MR) is 81.9 cm³/mol. The van der Waals surface area contributed by atoms with Crippen LogP contribution in [0.3, 0.4) is 0 Å². The van der Waals surface area contributed by atoms with Crippen LogP contribution in [0.25, 0.3) is 5.69 Å². The summed E-state index contributed by atoms with van der Waals surface area (Å²) in [7, 11) is 0. The van der Waals surface area contributed by atoms with Crippen molar-refractivity contribution in [2.45, 2.75) is 25.9 Å². The topological polar surface area (TPSA) is 60.2 Å². The molecule has 0 aliphatic carbocycles. The Labute approximate surface area is 129 Å². The smallest absolute Gasteiger partial charge is 0.276 e. The largest absolute Gasteiger partial charge is 0.377 e. The van der Waals surface area contributed by atoms with E-state index in [4.69, 9.17) is 4.74 Å². The molecule has 6 nitrogen and oxygen atoms in total. The van der Waals surface area contributed by atoms with Crippen molar-refractivity contribution < 1.29 is 9.53 Å². The number of benzene rings is 1. The number of para-hydroxylation sites is 1. The van der Waals surface area contributed by atoms with Crippen LogP contribution in [0.4, 0.5) is 0 Å². The fourth-order valence-electron chi connectivity index (χ4n) is 2.73. The maximum Gasteiger partial charge on any atom is 0.276 e. The van der Waals surface area contributed by atoms with Gasteiger partial charge in [0.2, 0.25) is 0 Å². The standard InChI is InChI=1S/C16H20N4O2/c1-2-22-14-9-6-10-19(11-14)16(21)15-12-20(18-17-15)13-7-4-3-5-8-13/h3-5,7-8,12,14H,2,6,9-11H2,1H3/t14-/m1/s1. The molecule has 1 atom stereocenters. The van der Waals surface area contributed by atoms with Crippen LogP contribution in [0.5, 0.6) is 0 Å². The molecule has 0 N–H and O–H groups in total. The van der Waals surface area contributed by atoms with Crippen molar-refractivity contribution in [3.63, 3.8) is 0 Å². The van der Waals surface area contributed by atoms with Crippen molar-refractivity contribution >= 4 is 5.91 Å². The second kappa shape index (κ2) is 6.70. The number of amides is 1. The Morgan fingerprint density at radius 1 is 1.36 bits per heavy atom. The SMILES string of the molecule is CCO[C@@H]1CCCN(C(=O)c2cn(-c3ccccc3)nn2)C1. The van der Waals surface area contributed by atoms with Crippen LogP contribution < -0.4 is 0 Å². The van der Waals surface area contributed by atoms with Gasteiger partial charge in [0, 0.05) is 19.7 Å². The van der Waals surface area contributed by atoms with Crippen molar-refractivity contribution in [2.75, 3.05) is 19.7 Å². The van der Waals surface area contributed by atoms with Gasteiger partial charge in [-0.2, -0.15) is 0 Å². The molecule has 0 saturated carbocycles. The van der Waals surface area contributed by atoms with Gasteiger partial charge >= 0.3 is 0 Å². The first-order chi connectivity index (χ1) is 10.8. The van der Waals surface area contributed by atoms with Crippen molar-refractivity contribution in [3.05, 3.63) is 42.2 Å². The molecule has 116 valence electrons. The van der Waals surface area contributed by atoms with E-state index in [0.717, 1.165) is 25.1 Å². The molecule has 1 aliphatic rings. The van der Waals surface area contributed by atoms with Crippen LogP contribution in [0.2, 0.25) is 0 Å². The number of rotatable bonds is 4. The number of ether oxygens (including phenoxy) is 1. The van der Waals surface area contributed by atoms with Crippen LogP contribution in [0, 0.1) is 0 Å². The van der Waals surface area contributed by atoms with Crippen LogP contribution >= 0.6 is 0 Å². The highest BCUT2D eigenvalue weighted by Crippen LogP contribution is 2.16. The molecule has 22 heavy (non-hydrogen) atoms. The van der Waals surface area contributed by atoms with Gasteiger partial charge in [-0.15, -0.1) is 5.10 Å². The number of hydrogen-bond donors (Lipinski definition) is 0. The molecule has 6 heteroatoms. The molecular formula is C16H20N4O2. The van der Waals surface area contributed by atoms with Gasteiger partial charge in [-0.1, -0.05) is 23.4 Å². The molecule has 1 aromatic heterocycles. The van der Waals surface area contributed by atoms with E-state index in [1.807, 2.05) is 42.2 Å². The van der Waals surface area contributed by atoms with Crippen molar-refractivity contribution in [3.8, 4) is 5.69 Å². The molecule has 1 aromatic carbocycles. The van der Waals surface area contributed by atoms with E-state index in [9.17, 15) is 4.79 Å². The molecule has 0 spiro atoms. The Bertz CT molecular complexity index is 624. The number of aromatic nitrogens is 3. The number of likely N-dealkylation sites (tertiary alicyclic amines) is 1. The zero-order chi connectivity index (χ0) is 15.4. The number of piperidine rings is 1. The molecule has 1 fully saturated rings. The molecular weight excluding hydrogens is 280 g/mol. The minimum atomic E-state index is -0.0772. The van der Waals surface area contributed by atoms with Gasteiger partial charge in [0.15, 0.2) is 5.69 Å². The van der Waals surface area contributed by atoms with Gasteiger partial charge in [-0.25, -0.2) is 4.68 Å². The molecule has 1 amide bonds. The minimum absolute atomic E-state index is 0.0772. The van der Waals surface area contributed by atoms with E-state index in [-0.39, 0.29) is 12.0 Å². The Hall–Kier alpha value is -2.21. The van der Waals surface area contributed by atoms with Gasteiger partial charge < -0.3 is 9.64 Å². The van der Waals surface area contributed by atoms with E-state index in [2.05, 4.69) is 10.3 Å². The molecule has 2 aromatic rings. The first-order valence-electron chi connectivity index (χ1n) is 7.66. The fourth-order valence-corrected chi connectivity index (χ4v) is 2.73. The van der Waals surface area contributed by atoms with E-state index in [1.54, 1.807) is 10.9 Å². The maximum absolute atomic E-state index is 12.5. The monoisotopic (exact) mass is 300 g/mol. The van der Waals surface area contributed by atoms with E-state index < -0.39 is 0 Å². The lowest BCUT2D eigenvalue weighted by molar-refractivity contribution is 0.00703. The van der Waals surface area contributed by atoms with Gasteiger partial charge in [0.1, 0.15) is 0 Å². The third-order valence-electron chi connectivity index (χ3n) is 3.80. The molecule has 2 heterocycles. The first-order valence-corrected chi connectivity index (χ1v) is 7.66. The maximum atomic E-state index is 12.5. The summed E-state index contributed by atoms with van der Waals surface area (Å²) in [6.45, 7) is 4.04. The summed E-state index contributed by atoms with van der Waals surface area (Å²) in [5, 5.41) is 8.07. The molecule has 0 unspecified atom stereocenters. The van der Waals surface area contributed by atoms with Gasteiger partial charge in [-0.3, -0.25) is 4.79 Å². The Balaban J connectivity index is 1.71. The normalized spacial score (nSPS) is 18.4. The van der Waals surface area contributed by atoms with E-state index >= 15 is 0 Å². The Kier molecular flexibility index (Phi) is 4.48. The molecule has 0 bridgehead atoms. The van der Waals surface area contributed by atoms with Crippen molar-refractivity contribution in [1.82, 2.24) is 19.9 Å². The average Bonchev–Trinajstić information content (AvgIpc) is 3.05. The van der Waals surface area contributed by atoms with E-state index in [0.29, 0.717) is 18.8 Å². The summed E-state index contributed by atoms with van der Waals surface area (Å²) in [5.41, 5.74) is 1.26. The second-order valence-electron chi connectivity index (χ2n) is 5.35. The number of carbonyl (C=O) groups is 1. The predicted octanol–water partition coefficient (Wildman–Crippen LogP) is 1.91. The zero-order valence-corrected chi connectivity index (χ0v) is 12.7. The van der Waals surface area contributed by atoms with Gasteiger partial charge in [0.05, 0.1) is 18.0 Å². The Morgan fingerprint density at radius 3 is 2.95 bits per heavy atom. The first kappa shape index (κ1) is 14.7.